The molecule has 1 N–H and O–H groups in total. The maximum absolute atomic E-state index is 11.8. The first-order chi connectivity index (χ1) is 15.5. The van der Waals surface area contributed by atoms with Crippen LogP contribution in [0.1, 0.15) is 15.9 Å². The lowest BCUT2D eigenvalue weighted by molar-refractivity contribution is -0.884. The van der Waals surface area contributed by atoms with Gasteiger partial charge in [0.1, 0.15) is 20.2 Å². The minimum absolute atomic E-state index is 0.0792. The van der Waals surface area contributed by atoms with Crippen LogP contribution in [0.4, 0.5) is 0 Å². The van der Waals surface area contributed by atoms with E-state index in [1.54, 1.807) is 12.1 Å². The first kappa shape index (κ1) is 27.4. The molecule has 0 aliphatic carbocycles. The second-order valence-electron chi connectivity index (χ2n) is 8.52. The Kier molecular flexibility index (Phi) is 8.19. The lowest BCUT2D eigenvalue weighted by atomic mass is 10.1. The molecule has 0 radical (unpaired) electrons. The normalized spacial score (nSPS) is 12.1. The van der Waals surface area contributed by atoms with Crippen LogP contribution in [0.3, 0.4) is 0 Å². The number of carbonyl (C=O) groups is 1. The van der Waals surface area contributed by atoms with Crippen molar-refractivity contribution in [2.45, 2.75) is 16.7 Å². The van der Waals surface area contributed by atoms with Gasteiger partial charge in [-0.3, -0.25) is 10.0 Å². The SMILES string of the molecule is Cc1ccc(C(=O)N(O)C[N+](C)(C)C)cc1.O=S(=O)([O-])c1cccc2c(S(=O)(=O)[O-])cccc12. The van der Waals surface area contributed by atoms with E-state index in [0.29, 0.717) is 10.0 Å². The molecule has 0 saturated heterocycles. The number of aryl methyl sites for hydroxylation is 1. The van der Waals surface area contributed by atoms with Crippen LogP contribution in [0.5, 0.6) is 0 Å². The van der Waals surface area contributed by atoms with Crippen molar-refractivity contribution in [2.24, 2.45) is 0 Å². The van der Waals surface area contributed by atoms with Crippen LogP contribution in [0.15, 0.2) is 70.5 Å². The fraction of sp³-hybridized carbons (Fsp3) is 0.227. The molecule has 0 saturated carbocycles. The zero-order valence-electron chi connectivity index (χ0n) is 19.0. The third-order valence-corrected chi connectivity index (χ3v) is 6.26. The van der Waals surface area contributed by atoms with Gasteiger partial charge in [-0.25, -0.2) is 16.8 Å². The quantitative estimate of drug-likeness (QED) is 0.180. The van der Waals surface area contributed by atoms with Crippen LogP contribution in [-0.2, 0) is 20.2 Å². The highest BCUT2D eigenvalue weighted by Gasteiger charge is 2.19. The van der Waals surface area contributed by atoms with Crippen LogP contribution in [-0.4, -0.2) is 74.4 Å². The van der Waals surface area contributed by atoms with Gasteiger partial charge in [-0.15, -0.1) is 0 Å². The van der Waals surface area contributed by atoms with E-state index in [9.17, 15) is 35.9 Å². The first-order valence-corrected chi connectivity index (χ1v) is 12.6. The maximum atomic E-state index is 11.8. The molecule has 0 fully saturated rings. The number of carbonyl (C=O) groups excluding carboxylic acids is 1. The van der Waals surface area contributed by atoms with E-state index >= 15 is 0 Å². The van der Waals surface area contributed by atoms with Gasteiger partial charge in [0.25, 0.3) is 5.91 Å². The number of hydroxylamine groups is 2. The third-order valence-electron chi connectivity index (χ3n) is 4.47. The summed E-state index contributed by atoms with van der Waals surface area (Å²) < 4.78 is 66.6. The Bertz CT molecular complexity index is 1320. The smallest absolute Gasteiger partial charge is 0.282 e. The second kappa shape index (κ2) is 10.2. The highest BCUT2D eigenvalue weighted by atomic mass is 32.2. The van der Waals surface area contributed by atoms with Crippen molar-refractivity contribution in [3.8, 4) is 0 Å². The highest BCUT2D eigenvalue weighted by molar-refractivity contribution is 7.86. The summed E-state index contributed by atoms with van der Waals surface area (Å²) >= 11 is 0. The average Bonchev–Trinajstić information content (AvgIpc) is 2.70. The molecule has 3 aromatic carbocycles. The Morgan fingerprint density at radius 1 is 0.824 bits per heavy atom. The lowest BCUT2D eigenvalue weighted by Gasteiger charge is -2.27. The fourth-order valence-electron chi connectivity index (χ4n) is 3.00. The van der Waals surface area contributed by atoms with Crippen molar-refractivity contribution in [1.82, 2.24) is 5.06 Å². The fourth-order valence-corrected chi connectivity index (χ4v) is 4.38. The molecule has 0 bridgehead atoms. The van der Waals surface area contributed by atoms with Gasteiger partial charge in [-0.05, 0) is 31.2 Å². The van der Waals surface area contributed by atoms with Gasteiger partial charge < -0.3 is 13.6 Å². The Hall–Kier alpha value is -2.87. The van der Waals surface area contributed by atoms with Gasteiger partial charge in [0.2, 0.25) is 0 Å². The Balaban J connectivity index is 0.000000242. The van der Waals surface area contributed by atoms with E-state index in [1.165, 1.54) is 24.3 Å². The minimum atomic E-state index is -4.74. The number of hydrogen-bond acceptors (Lipinski definition) is 8. The molecule has 12 heteroatoms. The monoisotopic (exact) mass is 509 g/mol. The molecule has 10 nitrogen and oxygen atoms in total. The summed E-state index contributed by atoms with van der Waals surface area (Å²) in [4.78, 5) is 10.7. The average molecular weight is 510 g/mol. The summed E-state index contributed by atoms with van der Waals surface area (Å²) in [6.45, 7) is 2.21. The Morgan fingerprint density at radius 3 is 1.59 bits per heavy atom. The van der Waals surface area contributed by atoms with E-state index < -0.39 is 30.0 Å². The predicted molar refractivity (Wildman–Crippen MR) is 122 cm³/mol. The summed E-state index contributed by atoms with van der Waals surface area (Å²) in [7, 11) is -3.75. The maximum Gasteiger partial charge on any atom is 0.282 e. The summed E-state index contributed by atoms with van der Waals surface area (Å²) in [5, 5.41) is 10.2. The summed E-state index contributed by atoms with van der Waals surface area (Å²) in [6, 6.07) is 14.2. The lowest BCUT2D eigenvalue weighted by Crippen LogP contribution is -2.46. The van der Waals surface area contributed by atoms with Crippen LogP contribution < -0.4 is 0 Å². The van der Waals surface area contributed by atoms with Crippen LogP contribution in [0.25, 0.3) is 10.8 Å². The van der Waals surface area contributed by atoms with Crippen molar-refractivity contribution in [2.75, 3.05) is 27.8 Å². The largest absolute Gasteiger partial charge is 0.744 e. The Labute approximate surface area is 198 Å². The van der Waals surface area contributed by atoms with Crippen molar-refractivity contribution in [1.29, 1.82) is 0 Å². The Morgan fingerprint density at radius 2 is 1.24 bits per heavy atom. The zero-order chi connectivity index (χ0) is 25.9. The molecule has 0 heterocycles. The van der Waals surface area contributed by atoms with Crippen molar-refractivity contribution < 1.29 is 40.4 Å². The number of benzene rings is 3. The van der Waals surface area contributed by atoms with Gasteiger partial charge in [0.05, 0.1) is 30.9 Å². The van der Waals surface area contributed by atoms with E-state index in [0.717, 1.165) is 22.8 Å². The zero-order valence-corrected chi connectivity index (χ0v) is 20.6. The van der Waals surface area contributed by atoms with Crippen LogP contribution in [0, 0.1) is 6.92 Å². The second-order valence-corrected chi connectivity index (χ2v) is 11.2. The van der Waals surface area contributed by atoms with E-state index in [1.807, 2.05) is 40.2 Å². The molecule has 0 spiro atoms. The van der Waals surface area contributed by atoms with Gasteiger partial charge in [-0.1, -0.05) is 42.0 Å². The number of nitrogens with zero attached hydrogens (tertiary/aromatic N) is 2. The molecule has 0 aromatic heterocycles. The molecule has 1 amide bonds. The van der Waals surface area contributed by atoms with Gasteiger partial charge >= 0.3 is 0 Å². The van der Waals surface area contributed by atoms with E-state index in [4.69, 9.17) is 0 Å². The standard InChI is InChI=1S/C12H19N2O2.C10H8O6S2/c1-10-5-7-11(8-6-10)12(15)13(16)9-14(2,3)4;11-17(12,13)9-5-1-3-7-8(9)4-2-6-10(7)18(14,15)16/h5-8,16H,9H2,1-4H3;1-6H,(H,11,12,13)(H,14,15,16)/q+1;/p-2. The molecular weight excluding hydrogens is 484 g/mol. The number of amides is 1. The molecule has 0 aliphatic heterocycles. The van der Waals surface area contributed by atoms with Crippen molar-refractivity contribution in [3.63, 3.8) is 0 Å². The predicted octanol–water partition coefficient (Wildman–Crippen LogP) is 2.14. The van der Waals surface area contributed by atoms with Gasteiger partial charge in [-0.2, -0.15) is 5.06 Å². The topological polar surface area (TPSA) is 155 Å². The van der Waals surface area contributed by atoms with E-state index in [2.05, 4.69) is 0 Å². The summed E-state index contributed by atoms with van der Waals surface area (Å²) in [6.07, 6.45) is 0. The van der Waals surface area contributed by atoms with E-state index in [-0.39, 0.29) is 23.3 Å². The molecule has 0 aliphatic rings. The molecule has 3 rings (SSSR count). The number of hydrogen-bond donors (Lipinski definition) is 1. The van der Waals surface area contributed by atoms with Crippen LogP contribution in [0.2, 0.25) is 0 Å². The third kappa shape index (κ3) is 7.32. The number of quaternary nitrogens is 1. The molecule has 184 valence electrons. The van der Waals surface area contributed by atoms with Gasteiger partial charge in [0, 0.05) is 16.3 Å². The summed E-state index contributed by atoms with van der Waals surface area (Å²) in [5.41, 5.74) is 1.59. The highest BCUT2D eigenvalue weighted by Crippen LogP contribution is 2.27. The number of fused-ring (bicyclic) bond motifs is 1. The van der Waals surface area contributed by atoms with Crippen molar-refractivity contribution >= 4 is 36.9 Å². The molecule has 3 aromatic rings. The molecule has 0 unspecified atom stereocenters. The molecular formula is C22H25N2O8S2-. The van der Waals surface area contributed by atoms with Gasteiger partial charge in [0.15, 0.2) is 6.67 Å². The first-order valence-electron chi connectivity index (χ1n) is 9.82. The molecule has 34 heavy (non-hydrogen) atoms. The van der Waals surface area contributed by atoms with Crippen molar-refractivity contribution in [3.05, 3.63) is 71.8 Å². The summed E-state index contributed by atoms with van der Waals surface area (Å²) in [5.74, 6) is -0.368. The minimum Gasteiger partial charge on any atom is -0.744 e. The van der Waals surface area contributed by atoms with Crippen LogP contribution >= 0.6 is 0 Å². The number of rotatable bonds is 5. The molecule has 0 atom stereocenters.